The van der Waals surface area contributed by atoms with E-state index in [9.17, 15) is 9.59 Å². The van der Waals surface area contributed by atoms with E-state index in [4.69, 9.17) is 11.6 Å². The second-order valence-corrected chi connectivity index (χ2v) is 6.39. The number of nitrogens with zero attached hydrogens (tertiary/aromatic N) is 1. The highest BCUT2D eigenvalue weighted by molar-refractivity contribution is 6.31. The summed E-state index contributed by atoms with van der Waals surface area (Å²) < 4.78 is 0. The Morgan fingerprint density at radius 1 is 1.17 bits per heavy atom. The van der Waals surface area contributed by atoms with Crippen LogP contribution in [0.5, 0.6) is 0 Å². The summed E-state index contributed by atoms with van der Waals surface area (Å²) in [7, 11) is 1.75. The van der Waals surface area contributed by atoms with Crippen molar-refractivity contribution in [3.05, 3.63) is 70.7 Å². The second kappa shape index (κ2) is 7.05. The van der Waals surface area contributed by atoms with E-state index in [0.717, 1.165) is 11.1 Å². The highest BCUT2D eigenvalue weighted by Crippen LogP contribution is 2.37. The first-order valence-corrected chi connectivity index (χ1v) is 8.27. The maximum absolute atomic E-state index is 12.7. The molecule has 2 aromatic rings. The van der Waals surface area contributed by atoms with Crippen LogP contribution >= 0.6 is 11.6 Å². The first-order valence-electron chi connectivity index (χ1n) is 7.89. The van der Waals surface area contributed by atoms with Crippen molar-refractivity contribution in [2.75, 3.05) is 7.05 Å². The lowest BCUT2D eigenvalue weighted by Gasteiger charge is -2.25. The summed E-state index contributed by atoms with van der Waals surface area (Å²) in [6.45, 7) is 0.356. The molecule has 0 spiro atoms. The Kier molecular flexibility index (Phi) is 4.86. The molecule has 1 saturated heterocycles. The van der Waals surface area contributed by atoms with Gasteiger partial charge in [-0.1, -0.05) is 60.1 Å². The van der Waals surface area contributed by atoms with Crippen LogP contribution < -0.4 is 5.32 Å². The first-order chi connectivity index (χ1) is 11.6. The number of benzene rings is 2. The minimum Gasteiger partial charge on any atom is -0.352 e. The number of hydrogen-bond acceptors (Lipinski definition) is 2. The number of rotatable bonds is 4. The Morgan fingerprint density at radius 3 is 2.54 bits per heavy atom. The van der Waals surface area contributed by atoms with E-state index in [1.54, 1.807) is 18.0 Å². The highest BCUT2D eigenvalue weighted by Gasteiger charge is 2.42. The molecule has 124 valence electrons. The Hall–Kier alpha value is -2.33. The molecule has 1 fully saturated rings. The van der Waals surface area contributed by atoms with Crippen LogP contribution in [-0.4, -0.2) is 23.8 Å². The topological polar surface area (TPSA) is 49.4 Å². The van der Waals surface area contributed by atoms with E-state index >= 15 is 0 Å². The molecule has 2 aromatic carbocycles. The van der Waals surface area contributed by atoms with Crippen LogP contribution in [0.15, 0.2) is 54.6 Å². The van der Waals surface area contributed by atoms with Crippen molar-refractivity contribution < 1.29 is 9.59 Å². The van der Waals surface area contributed by atoms with Gasteiger partial charge in [0, 0.05) is 25.0 Å². The Balaban J connectivity index is 1.75. The van der Waals surface area contributed by atoms with Gasteiger partial charge in [-0.05, 0) is 17.2 Å². The van der Waals surface area contributed by atoms with Gasteiger partial charge in [0.2, 0.25) is 11.8 Å². The number of nitrogens with one attached hydrogen (secondary N) is 1. The van der Waals surface area contributed by atoms with Crippen molar-refractivity contribution in [2.45, 2.75) is 19.0 Å². The molecule has 1 N–H and O–H groups in total. The first kappa shape index (κ1) is 16.5. The lowest BCUT2D eigenvalue weighted by atomic mass is 9.93. The van der Waals surface area contributed by atoms with Crippen LogP contribution in [-0.2, 0) is 16.1 Å². The van der Waals surface area contributed by atoms with Gasteiger partial charge >= 0.3 is 0 Å². The van der Waals surface area contributed by atoms with Crippen molar-refractivity contribution in [2.24, 2.45) is 5.92 Å². The molecular formula is C19H19ClN2O2. The highest BCUT2D eigenvalue weighted by atomic mass is 35.5. The monoisotopic (exact) mass is 342 g/mol. The van der Waals surface area contributed by atoms with Crippen LogP contribution in [0.4, 0.5) is 0 Å². The van der Waals surface area contributed by atoms with Crippen molar-refractivity contribution >= 4 is 23.4 Å². The number of carbonyl (C=O) groups excluding carboxylic acids is 2. The Bertz CT molecular complexity index is 748. The molecule has 3 rings (SSSR count). The van der Waals surface area contributed by atoms with Crippen LogP contribution in [0.1, 0.15) is 23.6 Å². The van der Waals surface area contributed by atoms with Crippen molar-refractivity contribution in [3.8, 4) is 0 Å². The van der Waals surface area contributed by atoms with Gasteiger partial charge in [0.05, 0.1) is 12.0 Å². The Labute approximate surface area is 146 Å². The fourth-order valence-corrected chi connectivity index (χ4v) is 3.37. The van der Waals surface area contributed by atoms with Crippen molar-refractivity contribution in [3.63, 3.8) is 0 Å². The quantitative estimate of drug-likeness (QED) is 0.927. The molecule has 4 nitrogen and oxygen atoms in total. The second-order valence-electron chi connectivity index (χ2n) is 5.98. The van der Waals surface area contributed by atoms with Crippen LogP contribution in [0.2, 0.25) is 5.02 Å². The summed E-state index contributed by atoms with van der Waals surface area (Å²) in [5.74, 6) is -0.532. The molecule has 24 heavy (non-hydrogen) atoms. The predicted octanol–water partition coefficient (Wildman–Crippen LogP) is 3.18. The molecule has 2 amide bonds. The third-order valence-corrected chi connectivity index (χ3v) is 4.84. The van der Waals surface area contributed by atoms with E-state index in [2.05, 4.69) is 5.32 Å². The number of halogens is 1. The normalized spacial score (nSPS) is 20.2. The van der Waals surface area contributed by atoms with E-state index in [0.29, 0.717) is 11.6 Å². The van der Waals surface area contributed by atoms with Crippen LogP contribution in [0, 0.1) is 5.92 Å². The maximum Gasteiger partial charge on any atom is 0.226 e. The van der Waals surface area contributed by atoms with Crippen molar-refractivity contribution in [1.29, 1.82) is 0 Å². The number of hydrogen-bond donors (Lipinski definition) is 1. The minimum absolute atomic E-state index is 0.0123. The van der Waals surface area contributed by atoms with Gasteiger partial charge in [0.1, 0.15) is 0 Å². The molecule has 0 bridgehead atoms. The zero-order chi connectivity index (χ0) is 17.1. The summed E-state index contributed by atoms with van der Waals surface area (Å²) in [5, 5.41) is 3.54. The fourth-order valence-electron chi connectivity index (χ4n) is 3.17. The molecule has 0 aromatic heterocycles. The SMILES string of the molecule is CN1C(=O)CC(C(=O)NCc2ccccc2Cl)C1c1ccccc1. The minimum atomic E-state index is -0.396. The van der Waals surface area contributed by atoms with Crippen molar-refractivity contribution in [1.82, 2.24) is 10.2 Å². The zero-order valence-electron chi connectivity index (χ0n) is 13.4. The number of carbonyl (C=O) groups is 2. The van der Waals surface area contributed by atoms with E-state index in [1.165, 1.54) is 0 Å². The smallest absolute Gasteiger partial charge is 0.226 e. The maximum atomic E-state index is 12.7. The Morgan fingerprint density at radius 2 is 1.83 bits per heavy atom. The average Bonchev–Trinajstić information content (AvgIpc) is 2.90. The summed E-state index contributed by atoms with van der Waals surface area (Å²) >= 11 is 6.12. The zero-order valence-corrected chi connectivity index (χ0v) is 14.2. The largest absolute Gasteiger partial charge is 0.352 e. The molecule has 0 aliphatic carbocycles. The van der Waals surface area contributed by atoms with Gasteiger partial charge in [-0.25, -0.2) is 0 Å². The number of likely N-dealkylation sites (tertiary alicyclic amines) is 1. The van der Waals surface area contributed by atoms with Crippen LogP contribution in [0.3, 0.4) is 0 Å². The van der Waals surface area contributed by atoms with Gasteiger partial charge in [-0.3, -0.25) is 9.59 Å². The average molecular weight is 343 g/mol. The van der Waals surface area contributed by atoms with Gasteiger partial charge in [0.15, 0.2) is 0 Å². The molecule has 1 aliphatic rings. The lowest BCUT2D eigenvalue weighted by Crippen LogP contribution is -2.34. The fraction of sp³-hybridized carbons (Fsp3) is 0.263. The molecule has 2 unspecified atom stereocenters. The number of amides is 2. The van der Waals surface area contributed by atoms with Gasteiger partial charge in [0.25, 0.3) is 0 Å². The molecule has 1 aliphatic heterocycles. The molecular weight excluding hydrogens is 324 g/mol. The van der Waals surface area contributed by atoms with E-state index in [1.807, 2.05) is 48.5 Å². The summed E-state index contributed by atoms with van der Waals surface area (Å²) in [4.78, 5) is 26.5. The van der Waals surface area contributed by atoms with E-state index < -0.39 is 5.92 Å². The summed E-state index contributed by atoms with van der Waals surface area (Å²) in [5.41, 5.74) is 1.84. The van der Waals surface area contributed by atoms with Gasteiger partial charge in [-0.15, -0.1) is 0 Å². The molecule has 2 atom stereocenters. The molecule has 1 heterocycles. The summed E-state index contributed by atoms with van der Waals surface area (Å²) in [6.07, 6.45) is 0.227. The van der Waals surface area contributed by atoms with Crippen LogP contribution in [0.25, 0.3) is 0 Å². The summed E-state index contributed by atoms with van der Waals surface area (Å²) in [6, 6.07) is 16.8. The molecule has 0 saturated carbocycles. The van der Waals surface area contributed by atoms with E-state index in [-0.39, 0.29) is 24.3 Å². The molecule has 5 heteroatoms. The standard InChI is InChI=1S/C19H19ClN2O2/c1-22-17(23)11-15(18(22)13-7-3-2-4-8-13)19(24)21-12-14-9-5-6-10-16(14)20/h2-10,15,18H,11-12H2,1H3,(H,21,24). The third kappa shape index (κ3) is 3.29. The predicted molar refractivity (Wildman–Crippen MR) is 93.4 cm³/mol. The van der Waals surface area contributed by atoms with Gasteiger partial charge in [-0.2, -0.15) is 0 Å². The lowest BCUT2D eigenvalue weighted by molar-refractivity contribution is -0.128. The third-order valence-electron chi connectivity index (χ3n) is 4.48. The molecule has 0 radical (unpaired) electrons. The van der Waals surface area contributed by atoms with Gasteiger partial charge < -0.3 is 10.2 Å².